The number of esters is 1. The molecule has 6 nitrogen and oxygen atoms in total. The van der Waals surface area contributed by atoms with E-state index in [0.717, 1.165) is 21.1 Å². The molecule has 26 heavy (non-hydrogen) atoms. The van der Waals surface area contributed by atoms with Crippen molar-refractivity contribution in [2.24, 2.45) is 0 Å². The van der Waals surface area contributed by atoms with Gasteiger partial charge in [-0.1, -0.05) is 5.16 Å². The Bertz CT molecular complexity index is 994. The van der Waals surface area contributed by atoms with E-state index in [1.165, 1.54) is 11.3 Å². The second kappa shape index (κ2) is 6.92. The number of hydrogen-bond acceptors (Lipinski definition) is 6. The minimum absolute atomic E-state index is 0.248. The Kier molecular flexibility index (Phi) is 4.82. The van der Waals surface area contributed by atoms with Gasteiger partial charge in [0, 0.05) is 32.8 Å². The van der Waals surface area contributed by atoms with E-state index in [4.69, 9.17) is 9.26 Å². The largest absolute Gasteiger partial charge is 0.454 e. The second-order valence-corrected chi connectivity index (χ2v) is 7.70. The first kappa shape index (κ1) is 18.1. The number of aromatic nitrogens is 2. The standard InChI is InChI=1S/C19H20N2O4S/c1-10-6-15(13(4)21(10)18-7-11(2)25-20-18)17(22)9-24-19(23)16-8-12(3)26-14(16)5/h6-8H,9H2,1-5H3. The Morgan fingerprint density at radius 1 is 1.12 bits per heavy atom. The number of carbonyl (C=O) groups is 2. The highest BCUT2D eigenvalue weighted by Crippen LogP contribution is 2.23. The summed E-state index contributed by atoms with van der Waals surface area (Å²) >= 11 is 1.53. The summed E-state index contributed by atoms with van der Waals surface area (Å²) in [7, 11) is 0. The van der Waals surface area contributed by atoms with Crippen molar-refractivity contribution in [2.45, 2.75) is 34.6 Å². The normalized spacial score (nSPS) is 11.0. The summed E-state index contributed by atoms with van der Waals surface area (Å²) in [5.74, 6) is 0.595. The molecular formula is C19H20N2O4S. The number of ketones is 1. The van der Waals surface area contributed by atoms with Crippen LogP contribution in [0.1, 0.15) is 47.6 Å². The highest BCUT2D eigenvalue weighted by molar-refractivity contribution is 7.12. The third kappa shape index (κ3) is 3.35. The van der Waals surface area contributed by atoms with Crippen LogP contribution in [0.3, 0.4) is 0 Å². The molecule has 136 valence electrons. The van der Waals surface area contributed by atoms with Crippen LogP contribution in [-0.4, -0.2) is 28.1 Å². The van der Waals surface area contributed by atoms with Crippen LogP contribution in [0.15, 0.2) is 22.7 Å². The highest BCUT2D eigenvalue weighted by atomic mass is 32.1. The van der Waals surface area contributed by atoms with Crippen molar-refractivity contribution in [1.82, 2.24) is 9.72 Å². The SMILES string of the molecule is Cc1cc(-n2c(C)cc(C(=O)COC(=O)c3cc(C)sc3C)c2C)no1. The summed E-state index contributed by atoms with van der Waals surface area (Å²) in [6.45, 7) is 9.03. The van der Waals surface area contributed by atoms with E-state index in [9.17, 15) is 9.59 Å². The fourth-order valence-electron chi connectivity index (χ4n) is 2.98. The highest BCUT2D eigenvalue weighted by Gasteiger charge is 2.21. The first-order valence-electron chi connectivity index (χ1n) is 8.18. The van der Waals surface area contributed by atoms with E-state index in [1.807, 2.05) is 39.2 Å². The predicted octanol–water partition coefficient (Wildman–Crippen LogP) is 4.11. The molecule has 7 heteroatoms. The summed E-state index contributed by atoms with van der Waals surface area (Å²) < 4.78 is 12.2. The van der Waals surface area contributed by atoms with Crippen LogP contribution >= 0.6 is 11.3 Å². The molecule has 0 spiro atoms. The molecule has 3 heterocycles. The molecule has 0 bridgehead atoms. The molecule has 0 unspecified atom stereocenters. The summed E-state index contributed by atoms with van der Waals surface area (Å²) in [4.78, 5) is 26.7. The molecule has 0 fully saturated rings. The Labute approximate surface area is 155 Å². The molecule has 0 amide bonds. The second-order valence-electron chi connectivity index (χ2n) is 6.24. The molecule has 0 aliphatic carbocycles. The molecule has 0 N–H and O–H groups in total. The molecule has 0 atom stereocenters. The van der Waals surface area contributed by atoms with Crippen molar-refractivity contribution in [3.8, 4) is 5.82 Å². The first-order chi connectivity index (χ1) is 12.3. The number of hydrogen-bond donors (Lipinski definition) is 0. The van der Waals surface area contributed by atoms with Gasteiger partial charge >= 0.3 is 5.97 Å². The van der Waals surface area contributed by atoms with Crippen LogP contribution in [0.5, 0.6) is 0 Å². The average molecular weight is 372 g/mol. The van der Waals surface area contributed by atoms with Gasteiger partial charge in [0.15, 0.2) is 12.4 Å². The number of aryl methyl sites for hydroxylation is 4. The van der Waals surface area contributed by atoms with Crippen molar-refractivity contribution in [3.05, 3.63) is 56.2 Å². The summed E-state index contributed by atoms with van der Waals surface area (Å²) in [6, 6.07) is 5.36. The lowest BCUT2D eigenvalue weighted by molar-refractivity contribution is 0.0474. The van der Waals surface area contributed by atoms with Crippen LogP contribution < -0.4 is 0 Å². The zero-order chi connectivity index (χ0) is 19.0. The Morgan fingerprint density at radius 3 is 2.42 bits per heavy atom. The van der Waals surface area contributed by atoms with Gasteiger partial charge in [0.2, 0.25) is 5.78 Å². The Balaban J connectivity index is 1.76. The van der Waals surface area contributed by atoms with E-state index in [1.54, 1.807) is 18.2 Å². The van der Waals surface area contributed by atoms with Gasteiger partial charge < -0.3 is 9.26 Å². The van der Waals surface area contributed by atoms with E-state index < -0.39 is 5.97 Å². The lowest BCUT2D eigenvalue weighted by Gasteiger charge is -2.06. The number of rotatable bonds is 5. The number of thiophene rings is 1. The van der Waals surface area contributed by atoms with Crippen molar-refractivity contribution < 1.29 is 18.8 Å². The molecule has 3 aromatic heterocycles. The molecule has 0 saturated carbocycles. The fourth-order valence-corrected chi connectivity index (χ4v) is 3.89. The number of Topliss-reactive ketones (excluding diaryl/α,β-unsaturated/α-hetero) is 1. The van der Waals surface area contributed by atoms with Gasteiger partial charge in [0.05, 0.1) is 5.56 Å². The van der Waals surface area contributed by atoms with Crippen LogP contribution in [0.2, 0.25) is 0 Å². The molecule has 0 aliphatic heterocycles. The third-order valence-electron chi connectivity index (χ3n) is 4.17. The van der Waals surface area contributed by atoms with Crippen LogP contribution in [0, 0.1) is 34.6 Å². The maximum Gasteiger partial charge on any atom is 0.339 e. The molecular weight excluding hydrogens is 352 g/mol. The van der Waals surface area contributed by atoms with Gasteiger partial charge in [-0.2, -0.15) is 0 Å². The van der Waals surface area contributed by atoms with Gasteiger partial charge in [0.25, 0.3) is 0 Å². The van der Waals surface area contributed by atoms with Crippen LogP contribution in [0.4, 0.5) is 0 Å². The van der Waals surface area contributed by atoms with Gasteiger partial charge in [0.1, 0.15) is 5.76 Å². The smallest absolute Gasteiger partial charge is 0.339 e. The summed E-state index contributed by atoms with van der Waals surface area (Å²) in [5, 5.41) is 4.00. The average Bonchev–Trinajstić information content (AvgIpc) is 3.22. The summed E-state index contributed by atoms with van der Waals surface area (Å²) in [6.07, 6.45) is 0. The maximum absolute atomic E-state index is 12.6. The first-order valence-corrected chi connectivity index (χ1v) is 8.99. The topological polar surface area (TPSA) is 74.3 Å². The van der Waals surface area contributed by atoms with E-state index >= 15 is 0 Å². The van der Waals surface area contributed by atoms with Crippen molar-refractivity contribution >= 4 is 23.1 Å². The van der Waals surface area contributed by atoms with Gasteiger partial charge in [-0.05, 0) is 46.8 Å². The fraction of sp³-hybridized carbons (Fsp3) is 0.316. The molecule has 0 aromatic carbocycles. The number of ether oxygens (including phenoxy) is 1. The van der Waals surface area contributed by atoms with E-state index in [-0.39, 0.29) is 12.4 Å². The monoisotopic (exact) mass is 372 g/mol. The number of nitrogens with zero attached hydrogens (tertiary/aromatic N) is 2. The zero-order valence-electron chi connectivity index (χ0n) is 15.4. The zero-order valence-corrected chi connectivity index (χ0v) is 16.2. The minimum Gasteiger partial charge on any atom is -0.454 e. The lowest BCUT2D eigenvalue weighted by Crippen LogP contribution is -2.15. The molecule has 0 saturated heterocycles. The van der Waals surface area contributed by atoms with Crippen molar-refractivity contribution in [3.63, 3.8) is 0 Å². The summed E-state index contributed by atoms with van der Waals surface area (Å²) in [5.41, 5.74) is 2.62. The number of carbonyl (C=O) groups excluding carboxylic acids is 2. The predicted molar refractivity (Wildman–Crippen MR) is 98.4 cm³/mol. The molecule has 3 aromatic rings. The molecule has 0 aliphatic rings. The van der Waals surface area contributed by atoms with Crippen LogP contribution in [-0.2, 0) is 4.74 Å². The van der Waals surface area contributed by atoms with Crippen molar-refractivity contribution in [2.75, 3.05) is 6.61 Å². The van der Waals surface area contributed by atoms with Crippen LogP contribution in [0.25, 0.3) is 5.82 Å². The molecule has 0 radical (unpaired) electrons. The quantitative estimate of drug-likeness (QED) is 0.498. The Hall–Kier alpha value is -2.67. The van der Waals surface area contributed by atoms with Gasteiger partial charge in [-0.15, -0.1) is 11.3 Å². The Morgan fingerprint density at radius 2 is 1.85 bits per heavy atom. The van der Waals surface area contributed by atoms with Gasteiger partial charge in [-0.3, -0.25) is 9.36 Å². The van der Waals surface area contributed by atoms with Crippen molar-refractivity contribution in [1.29, 1.82) is 0 Å². The third-order valence-corrected chi connectivity index (χ3v) is 5.14. The maximum atomic E-state index is 12.6. The van der Waals surface area contributed by atoms with E-state index in [2.05, 4.69) is 5.16 Å². The molecule has 3 rings (SSSR count). The minimum atomic E-state index is -0.471. The van der Waals surface area contributed by atoms with Gasteiger partial charge in [-0.25, -0.2) is 4.79 Å². The van der Waals surface area contributed by atoms with E-state index in [0.29, 0.717) is 22.7 Å². The lowest BCUT2D eigenvalue weighted by atomic mass is 10.1.